The lowest BCUT2D eigenvalue weighted by molar-refractivity contribution is -0.115. The fourth-order valence-electron chi connectivity index (χ4n) is 3.73. The van der Waals surface area contributed by atoms with Crippen molar-refractivity contribution in [3.05, 3.63) is 107 Å². The van der Waals surface area contributed by atoms with E-state index in [1.807, 2.05) is 103 Å². The molecule has 0 radical (unpaired) electrons. The summed E-state index contributed by atoms with van der Waals surface area (Å²) in [5.74, 6) is -0.327. The van der Waals surface area contributed by atoms with E-state index in [1.165, 1.54) is 23.1 Å². The van der Waals surface area contributed by atoms with Gasteiger partial charge in [0, 0.05) is 32.1 Å². The van der Waals surface area contributed by atoms with E-state index in [0.717, 1.165) is 26.9 Å². The Morgan fingerprint density at radius 1 is 0.892 bits per heavy atom. The average molecular weight is 544 g/mol. The Hall–Kier alpha value is -3.65. The molecule has 0 saturated heterocycles. The van der Waals surface area contributed by atoms with E-state index in [1.54, 1.807) is 0 Å². The van der Waals surface area contributed by atoms with Crippen LogP contribution in [0.3, 0.4) is 0 Å². The number of hydrogen-bond acceptors (Lipinski definition) is 5. The zero-order valence-corrected chi connectivity index (χ0v) is 22.2. The number of fused-ring (bicyclic) bond motifs is 1. The van der Waals surface area contributed by atoms with Gasteiger partial charge in [0.1, 0.15) is 0 Å². The molecule has 184 valence electrons. The molecule has 37 heavy (non-hydrogen) atoms. The number of benzene rings is 4. The van der Waals surface area contributed by atoms with Gasteiger partial charge in [-0.3, -0.25) is 9.59 Å². The molecule has 0 saturated carbocycles. The fourth-order valence-corrected chi connectivity index (χ4v) is 5.51. The number of amides is 2. The van der Waals surface area contributed by atoms with Crippen LogP contribution in [0.5, 0.6) is 0 Å². The Labute approximate surface area is 227 Å². The molecule has 0 aliphatic rings. The maximum absolute atomic E-state index is 12.8. The number of hydrogen-bond donors (Lipinski definition) is 2. The molecule has 0 aliphatic carbocycles. The maximum atomic E-state index is 12.8. The minimum absolute atomic E-state index is 0.146. The number of nitrogens with one attached hydrogen (secondary N) is 2. The number of halogens is 1. The van der Waals surface area contributed by atoms with Gasteiger partial charge in [0.2, 0.25) is 5.91 Å². The Kier molecular flexibility index (Phi) is 7.55. The number of rotatable bonds is 7. The highest BCUT2D eigenvalue weighted by Gasteiger charge is 2.17. The lowest BCUT2D eigenvalue weighted by Gasteiger charge is -2.12. The predicted octanol–water partition coefficient (Wildman–Crippen LogP) is 7.99. The second kappa shape index (κ2) is 11.2. The van der Waals surface area contributed by atoms with Crippen molar-refractivity contribution in [2.24, 2.45) is 0 Å². The van der Waals surface area contributed by atoms with Crippen LogP contribution in [-0.2, 0) is 4.79 Å². The largest absolute Gasteiger partial charge is 0.322 e. The molecule has 0 bridgehead atoms. The van der Waals surface area contributed by atoms with Crippen molar-refractivity contribution < 1.29 is 9.59 Å². The first-order chi connectivity index (χ1) is 17.9. The van der Waals surface area contributed by atoms with E-state index in [2.05, 4.69) is 15.6 Å². The van der Waals surface area contributed by atoms with Crippen LogP contribution in [0.1, 0.15) is 17.3 Å². The highest BCUT2D eigenvalue weighted by molar-refractivity contribution is 8.00. The van der Waals surface area contributed by atoms with Gasteiger partial charge >= 0.3 is 0 Å². The lowest BCUT2D eigenvalue weighted by Crippen LogP contribution is -2.22. The van der Waals surface area contributed by atoms with E-state index >= 15 is 0 Å². The van der Waals surface area contributed by atoms with Crippen molar-refractivity contribution in [2.75, 3.05) is 10.6 Å². The van der Waals surface area contributed by atoms with Crippen LogP contribution in [0.4, 0.5) is 10.8 Å². The molecule has 1 atom stereocenters. The first kappa shape index (κ1) is 25.0. The molecule has 2 amide bonds. The van der Waals surface area contributed by atoms with Crippen molar-refractivity contribution in [1.29, 1.82) is 0 Å². The van der Waals surface area contributed by atoms with Crippen molar-refractivity contribution in [3.8, 4) is 11.3 Å². The second-order valence-electron chi connectivity index (χ2n) is 8.34. The fraction of sp³-hybridized carbons (Fsp3) is 0.0690. The van der Waals surface area contributed by atoms with E-state index in [0.29, 0.717) is 21.4 Å². The number of carbonyl (C=O) groups excluding carboxylic acids is 2. The van der Waals surface area contributed by atoms with Crippen LogP contribution in [0, 0.1) is 0 Å². The standard InChI is InChI=1S/C29H22ClN3O2S2/c1-18(27(34)33-29-32-26(17-36-29)20-11-13-23(30)14-12-20)37-25-8-4-7-24(16-25)31-28(35)22-10-9-19-5-2-3-6-21(19)15-22/h2-18H,1H3,(H,31,35)(H,32,33,34). The molecular formula is C29H22ClN3O2S2. The predicted molar refractivity (Wildman–Crippen MR) is 155 cm³/mol. The number of aromatic nitrogens is 1. The minimum Gasteiger partial charge on any atom is -0.322 e. The maximum Gasteiger partial charge on any atom is 0.255 e. The topological polar surface area (TPSA) is 71.1 Å². The summed E-state index contributed by atoms with van der Waals surface area (Å²) in [5, 5.41) is 10.7. The molecule has 1 heterocycles. The Bertz CT molecular complexity index is 1580. The van der Waals surface area contributed by atoms with Crippen LogP contribution in [-0.4, -0.2) is 22.0 Å². The molecule has 0 aliphatic heterocycles. The SMILES string of the molecule is CC(Sc1cccc(NC(=O)c2ccc3ccccc3c2)c1)C(=O)Nc1nc(-c2ccc(Cl)cc2)cs1. The first-order valence-corrected chi connectivity index (χ1v) is 13.7. The third-order valence-electron chi connectivity index (χ3n) is 5.66. The number of nitrogens with zero attached hydrogens (tertiary/aromatic N) is 1. The minimum atomic E-state index is -0.366. The number of anilines is 2. The summed E-state index contributed by atoms with van der Waals surface area (Å²) in [6, 6.07) is 28.5. The molecule has 2 N–H and O–H groups in total. The van der Waals surface area contributed by atoms with Crippen LogP contribution >= 0.6 is 34.7 Å². The monoisotopic (exact) mass is 543 g/mol. The van der Waals surface area contributed by atoms with Gasteiger partial charge in [-0.15, -0.1) is 23.1 Å². The van der Waals surface area contributed by atoms with Crippen LogP contribution < -0.4 is 10.6 Å². The zero-order valence-electron chi connectivity index (χ0n) is 19.8. The number of thiazole rings is 1. The van der Waals surface area contributed by atoms with Gasteiger partial charge in [-0.25, -0.2) is 4.98 Å². The summed E-state index contributed by atoms with van der Waals surface area (Å²) >= 11 is 8.75. The van der Waals surface area contributed by atoms with Gasteiger partial charge in [0.25, 0.3) is 5.91 Å². The Morgan fingerprint density at radius 3 is 2.49 bits per heavy atom. The summed E-state index contributed by atoms with van der Waals surface area (Å²) in [6.45, 7) is 1.84. The zero-order chi connectivity index (χ0) is 25.8. The van der Waals surface area contributed by atoms with E-state index in [-0.39, 0.29) is 17.1 Å². The normalized spacial score (nSPS) is 11.7. The average Bonchev–Trinajstić information content (AvgIpc) is 3.37. The number of thioether (sulfide) groups is 1. The van der Waals surface area contributed by atoms with E-state index < -0.39 is 0 Å². The Morgan fingerprint density at radius 2 is 1.68 bits per heavy atom. The molecule has 0 spiro atoms. The summed E-state index contributed by atoms with van der Waals surface area (Å²) in [4.78, 5) is 31.0. The molecule has 1 unspecified atom stereocenters. The molecule has 5 nitrogen and oxygen atoms in total. The summed E-state index contributed by atoms with van der Waals surface area (Å²) in [7, 11) is 0. The van der Waals surface area contributed by atoms with Crippen molar-refractivity contribution >= 4 is 68.1 Å². The summed E-state index contributed by atoms with van der Waals surface area (Å²) < 4.78 is 0. The van der Waals surface area contributed by atoms with Crippen molar-refractivity contribution in [3.63, 3.8) is 0 Å². The van der Waals surface area contributed by atoms with Crippen molar-refractivity contribution in [1.82, 2.24) is 4.98 Å². The van der Waals surface area contributed by atoms with Crippen LogP contribution in [0.2, 0.25) is 5.02 Å². The van der Waals surface area contributed by atoms with E-state index in [9.17, 15) is 9.59 Å². The molecule has 5 aromatic rings. The Balaban J connectivity index is 1.20. The summed E-state index contributed by atoms with van der Waals surface area (Å²) in [5.41, 5.74) is 2.98. The number of carbonyl (C=O) groups is 2. The molecule has 1 aromatic heterocycles. The van der Waals surface area contributed by atoms with Crippen LogP contribution in [0.25, 0.3) is 22.0 Å². The summed E-state index contributed by atoms with van der Waals surface area (Å²) in [6.07, 6.45) is 0. The second-order valence-corrected chi connectivity index (χ2v) is 11.0. The van der Waals surface area contributed by atoms with Gasteiger partial charge in [-0.05, 0) is 60.2 Å². The highest BCUT2D eigenvalue weighted by atomic mass is 35.5. The quantitative estimate of drug-likeness (QED) is 0.204. The van der Waals surface area contributed by atoms with E-state index in [4.69, 9.17) is 11.6 Å². The molecule has 0 fully saturated rings. The highest BCUT2D eigenvalue weighted by Crippen LogP contribution is 2.29. The third kappa shape index (κ3) is 6.20. The first-order valence-electron chi connectivity index (χ1n) is 11.5. The molecule has 8 heteroatoms. The molecule has 5 rings (SSSR count). The van der Waals surface area contributed by atoms with Gasteiger partial charge in [-0.1, -0.05) is 60.1 Å². The van der Waals surface area contributed by atoms with Gasteiger partial charge < -0.3 is 10.6 Å². The molecular weight excluding hydrogens is 522 g/mol. The van der Waals surface area contributed by atoms with Gasteiger partial charge in [0.15, 0.2) is 5.13 Å². The smallest absolute Gasteiger partial charge is 0.255 e. The van der Waals surface area contributed by atoms with Gasteiger partial charge in [0.05, 0.1) is 10.9 Å². The van der Waals surface area contributed by atoms with Crippen LogP contribution in [0.15, 0.2) is 101 Å². The van der Waals surface area contributed by atoms with Crippen molar-refractivity contribution in [2.45, 2.75) is 17.1 Å². The third-order valence-corrected chi connectivity index (χ3v) is 7.76. The molecule has 4 aromatic carbocycles. The lowest BCUT2D eigenvalue weighted by atomic mass is 10.1. The van der Waals surface area contributed by atoms with Gasteiger partial charge in [-0.2, -0.15) is 0 Å².